The highest BCUT2D eigenvalue weighted by molar-refractivity contribution is 5.94. The van der Waals surface area contributed by atoms with E-state index in [4.69, 9.17) is 0 Å². The number of nitrogens with zero attached hydrogens (tertiary/aromatic N) is 4. The molecule has 4 unspecified atom stereocenters. The molecule has 41 heavy (non-hydrogen) atoms. The van der Waals surface area contributed by atoms with Crippen molar-refractivity contribution in [2.75, 3.05) is 13.1 Å². The zero-order valence-electron chi connectivity index (χ0n) is 22.9. The number of aliphatic carboxylic acids is 2. The van der Waals surface area contributed by atoms with E-state index in [2.05, 4.69) is 10.6 Å². The third kappa shape index (κ3) is 6.58. The van der Waals surface area contributed by atoms with E-state index in [0.717, 1.165) is 0 Å². The molecule has 4 amide bonds. The van der Waals surface area contributed by atoms with E-state index in [1.54, 1.807) is 59.9 Å². The summed E-state index contributed by atoms with van der Waals surface area (Å²) in [7, 11) is 3.42. The number of likely N-dealkylation sites (tertiary alicyclic amines) is 2. The Morgan fingerprint density at radius 3 is 1.44 bits per heavy atom. The van der Waals surface area contributed by atoms with Crippen molar-refractivity contribution < 1.29 is 39.0 Å². The molecule has 2 aliphatic rings. The third-order valence-corrected chi connectivity index (χ3v) is 7.62. The van der Waals surface area contributed by atoms with Crippen molar-refractivity contribution in [3.63, 3.8) is 0 Å². The van der Waals surface area contributed by atoms with E-state index in [0.29, 0.717) is 11.4 Å². The van der Waals surface area contributed by atoms with Gasteiger partial charge >= 0.3 is 11.9 Å². The lowest BCUT2D eigenvalue weighted by Gasteiger charge is -2.23. The maximum atomic E-state index is 12.9. The number of carboxylic acid groups (broad SMARTS) is 2. The van der Waals surface area contributed by atoms with Crippen molar-refractivity contribution in [3.8, 4) is 0 Å². The quantitative estimate of drug-likeness (QED) is 0.303. The first-order valence-electron chi connectivity index (χ1n) is 13.3. The second kappa shape index (κ2) is 12.3. The molecule has 0 radical (unpaired) electrons. The smallest absolute Gasteiger partial charge is 0.326 e. The minimum absolute atomic E-state index is 0.0235. The lowest BCUT2D eigenvalue weighted by molar-refractivity contribution is -0.149. The molecule has 2 aromatic heterocycles. The van der Waals surface area contributed by atoms with E-state index in [9.17, 15) is 39.0 Å². The van der Waals surface area contributed by atoms with E-state index >= 15 is 0 Å². The Balaban J connectivity index is 1.29. The number of carboxylic acids is 2. The van der Waals surface area contributed by atoms with Gasteiger partial charge in [0.2, 0.25) is 11.8 Å². The van der Waals surface area contributed by atoms with Crippen LogP contribution in [0.1, 0.15) is 53.1 Å². The minimum atomic E-state index is -1.19. The molecule has 2 aromatic rings. The van der Waals surface area contributed by atoms with Crippen LogP contribution >= 0.6 is 0 Å². The molecule has 14 nitrogen and oxygen atoms in total. The molecule has 220 valence electrons. The summed E-state index contributed by atoms with van der Waals surface area (Å²) in [6, 6.07) is 3.37. The summed E-state index contributed by atoms with van der Waals surface area (Å²) in [6.07, 6.45) is 3.38. The Morgan fingerprint density at radius 2 is 1.12 bits per heavy atom. The molecule has 0 spiro atoms. The van der Waals surface area contributed by atoms with Gasteiger partial charge in [0.1, 0.15) is 23.5 Å². The first-order chi connectivity index (χ1) is 19.5. The van der Waals surface area contributed by atoms with Gasteiger partial charge in [-0.3, -0.25) is 19.2 Å². The molecule has 4 N–H and O–H groups in total. The molecule has 0 bridgehead atoms. The molecule has 4 atom stereocenters. The first-order valence-corrected chi connectivity index (χ1v) is 13.3. The van der Waals surface area contributed by atoms with Gasteiger partial charge in [-0.05, 0) is 30.7 Å². The van der Waals surface area contributed by atoms with Gasteiger partial charge in [0.15, 0.2) is 0 Å². The van der Waals surface area contributed by atoms with Crippen molar-refractivity contribution in [1.82, 2.24) is 29.6 Å². The second-order valence-electron chi connectivity index (χ2n) is 10.5. The number of rotatable bonds is 10. The van der Waals surface area contributed by atoms with E-state index in [1.165, 1.54) is 9.80 Å². The monoisotopic (exact) mass is 570 g/mol. The number of amides is 4. The van der Waals surface area contributed by atoms with E-state index in [-0.39, 0.29) is 57.0 Å². The Kier molecular flexibility index (Phi) is 8.79. The van der Waals surface area contributed by atoms with Crippen LogP contribution in [0.25, 0.3) is 0 Å². The minimum Gasteiger partial charge on any atom is -0.480 e. The highest BCUT2D eigenvalue weighted by Crippen LogP contribution is 2.23. The topological polar surface area (TPSA) is 183 Å². The highest BCUT2D eigenvalue weighted by atomic mass is 16.4. The van der Waals surface area contributed by atoms with Crippen LogP contribution in [0.2, 0.25) is 0 Å². The zero-order chi connectivity index (χ0) is 29.8. The summed E-state index contributed by atoms with van der Waals surface area (Å²) < 4.78 is 3.27. The average Bonchev–Trinajstić information content (AvgIpc) is 3.70. The molecule has 0 aromatic carbocycles. The zero-order valence-corrected chi connectivity index (χ0v) is 22.9. The maximum absolute atomic E-state index is 12.9. The molecule has 2 fully saturated rings. The Morgan fingerprint density at radius 1 is 0.732 bits per heavy atom. The number of aromatic nitrogens is 2. The van der Waals surface area contributed by atoms with Crippen molar-refractivity contribution >= 4 is 35.6 Å². The van der Waals surface area contributed by atoms with Gasteiger partial charge in [0, 0.05) is 77.3 Å². The second-order valence-corrected chi connectivity index (χ2v) is 10.5. The summed E-state index contributed by atoms with van der Waals surface area (Å²) >= 11 is 0. The number of aryl methyl sites for hydroxylation is 2. The normalized spacial score (nSPS) is 22.0. The predicted octanol–water partition coefficient (Wildman–Crippen LogP) is -0.198. The molecule has 0 saturated carbocycles. The fourth-order valence-corrected chi connectivity index (χ4v) is 5.49. The Hall–Kier alpha value is -4.62. The van der Waals surface area contributed by atoms with Crippen LogP contribution < -0.4 is 10.6 Å². The SMILES string of the molecule is Cn1cccc1C(=O)NC1CC(C(=O)O)N(C(=O)CCCC(=O)N2CC(NC(=O)c3cccn3C)CC2C(=O)O)C1. The summed E-state index contributed by atoms with van der Waals surface area (Å²) in [5, 5.41) is 24.9. The third-order valence-electron chi connectivity index (χ3n) is 7.62. The standard InChI is InChI=1S/C27H34N6O8/c1-30-10-4-6-18(30)24(36)28-16-12-20(26(38)39)32(14-16)22(34)8-3-9-23(35)33-15-17(13-21(33)27(40)41)29-25(37)19-7-5-11-31(19)2/h4-7,10-11,16-17,20-21H,3,8-9,12-15H2,1-2H3,(H,28,36)(H,29,37)(H,38,39)(H,40,41). The van der Waals surface area contributed by atoms with Crippen LogP contribution in [-0.2, 0) is 33.3 Å². The van der Waals surface area contributed by atoms with Gasteiger partial charge in [0.05, 0.1) is 0 Å². The van der Waals surface area contributed by atoms with Crippen molar-refractivity contribution in [3.05, 3.63) is 48.0 Å². The van der Waals surface area contributed by atoms with Crippen LogP contribution in [0, 0.1) is 0 Å². The summed E-state index contributed by atoms with van der Waals surface area (Å²) in [5.74, 6) is -4.05. The number of carbonyl (C=O) groups is 6. The molecule has 2 saturated heterocycles. The lowest BCUT2D eigenvalue weighted by atomic mass is 10.1. The fourth-order valence-electron chi connectivity index (χ4n) is 5.49. The molecule has 2 aliphatic heterocycles. The summed E-state index contributed by atoms with van der Waals surface area (Å²) in [5.41, 5.74) is 0.812. The predicted molar refractivity (Wildman–Crippen MR) is 143 cm³/mol. The Labute approximate surface area is 235 Å². The van der Waals surface area contributed by atoms with Gasteiger partial charge in [0.25, 0.3) is 11.8 Å². The van der Waals surface area contributed by atoms with Crippen molar-refractivity contribution in [2.24, 2.45) is 14.1 Å². The van der Waals surface area contributed by atoms with E-state index in [1.807, 2.05) is 0 Å². The van der Waals surface area contributed by atoms with Crippen LogP contribution in [0.3, 0.4) is 0 Å². The molecular weight excluding hydrogens is 536 g/mol. The van der Waals surface area contributed by atoms with Gasteiger partial charge in [-0.1, -0.05) is 0 Å². The molecular formula is C27H34N6O8. The van der Waals surface area contributed by atoms with E-state index < -0.39 is 47.9 Å². The van der Waals surface area contributed by atoms with Crippen molar-refractivity contribution in [2.45, 2.75) is 56.3 Å². The van der Waals surface area contributed by atoms with Gasteiger partial charge in [-0.25, -0.2) is 9.59 Å². The molecule has 4 rings (SSSR count). The van der Waals surface area contributed by atoms with Crippen LogP contribution in [0.5, 0.6) is 0 Å². The Bertz CT molecular complexity index is 1250. The van der Waals surface area contributed by atoms with Gasteiger partial charge < -0.3 is 39.8 Å². The summed E-state index contributed by atoms with van der Waals surface area (Å²) in [4.78, 5) is 77.0. The first kappa shape index (κ1) is 29.4. The van der Waals surface area contributed by atoms with Crippen molar-refractivity contribution in [1.29, 1.82) is 0 Å². The largest absolute Gasteiger partial charge is 0.480 e. The average molecular weight is 571 g/mol. The number of hydrogen-bond acceptors (Lipinski definition) is 6. The molecule has 0 aliphatic carbocycles. The molecule has 4 heterocycles. The maximum Gasteiger partial charge on any atom is 0.326 e. The highest BCUT2D eigenvalue weighted by Gasteiger charge is 2.42. The van der Waals surface area contributed by atoms with Crippen LogP contribution in [0.4, 0.5) is 0 Å². The number of hydrogen-bond donors (Lipinski definition) is 4. The summed E-state index contributed by atoms with van der Waals surface area (Å²) in [6.45, 7) is 0.0469. The fraction of sp³-hybridized carbons (Fsp3) is 0.481. The van der Waals surface area contributed by atoms with Crippen LogP contribution in [0.15, 0.2) is 36.7 Å². The van der Waals surface area contributed by atoms with Crippen LogP contribution in [-0.4, -0.2) is 102 Å². The molecule has 14 heteroatoms. The lowest BCUT2D eigenvalue weighted by Crippen LogP contribution is -2.42. The van der Waals surface area contributed by atoms with Gasteiger partial charge in [-0.2, -0.15) is 0 Å². The number of nitrogens with one attached hydrogen (secondary N) is 2. The number of carbonyl (C=O) groups excluding carboxylic acids is 4. The van der Waals surface area contributed by atoms with Gasteiger partial charge in [-0.15, -0.1) is 0 Å².